The molecule has 0 aliphatic rings. The van der Waals surface area contributed by atoms with Crippen molar-refractivity contribution in [2.45, 2.75) is 19.1 Å². The maximum absolute atomic E-state index is 10.3. The standard InChI is InChI=1S/C9H12N2O3/c1-6(12)9(10)7-2-4-8(5-3-7)11(13)14/h2-6,9,12H,10H2,1H3/t6-,9-/m0/s1. The number of benzene rings is 1. The van der Waals surface area contributed by atoms with Gasteiger partial charge in [0.1, 0.15) is 0 Å². The van der Waals surface area contributed by atoms with Crippen LogP contribution in [0.15, 0.2) is 24.3 Å². The number of nitrogens with two attached hydrogens (primary N) is 1. The van der Waals surface area contributed by atoms with Crippen molar-refractivity contribution < 1.29 is 10.0 Å². The molecular weight excluding hydrogens is 184 g/mol. The zero-order chi connectivity index (χ0) is 10.7. The van der Waals surface area contributed by atoms with Crippen molar-refractivity contribution in [3.63, 3.8) is 0 Å². The highest BCUT2D eigenvalue weighted by Gasteiger charge is 2.13. The fraction of sp³-hybridized carbons (Fsp3) is 0.333. The third-order valence-electron chi connectivity index (χ3n) is 2.01. The maximum Gasteiger partial charge on any atom is 0.269 e. The summed E-state index contributed by atoms with van der Waals surface area (Å²) < 4.78 is 0. The van der Waals surface area contributed by atoms with Crippen LogP contribution in [0.4, 0.5) is 5.69 Å². The number of non-ortho nitro benzene ring substituents is 1. The van der Waals surface area contributed by atoms with Gasteiger partial charge in [0.2, 0.25) is 0 Å². The van der Waals surface area contributed by atoms with E-state index < -0.39 is 17.1 Å². The summed E-state index contributed by atoms with van der Waals surface area (Å²) in [5.41, 5.74) is 6.35. The molecule has 0 saturated heterocycles. The number of nitro groups is 1. The van der Waals surface area contributed by atoms with E-state index in [1.165, 1.54) is 12.1 Å². The fourth-order valence-corrected chi connectivity index (χ4v) is 1.10. The lowest BCUT2D eigenvalue weighted by molar-refractivity contribution is -0.384. The van der Waals surface area contributed by atoms with Crippen LogP contribution in [0.2, 0.25) is 0 Å². The van der Waals surface area contributed by atoms with Crippen LogP contribution in [-0.2, 0) is 0 Å². The van der Waals surface area contributed by atoms with Crippen LogP contribution < -0.4 is 5.73 Å². The van der Waals surface area contributed by atoms with Gasteiger partial charge in [-0.1, -0.05) is 12.1 Å². The molecule has 2 atom stereocenters. The van der Waals surface area contributed by atoms with Gasteiger partial charge in [0, 0.05) is 12.1 Å². The van der Waals surface area contributed by atoms with Crippen LogP contribution in [0.25, 0.3) is 0 Å². The SMILES string of the molecule is C[C@H](O)[C@H](N)c1ccc([N+](=O)[O-])cc1. The van der Waals surface area contributed by atoms with Gasteiger partial charge in [-0.15, -0.1) is 0 Å². The third kappa shape index (κ3) is 2.27. The minimum absolute atomic E-state index is 0.0199. The van der Waals surface area contributed by atoms with Gasteiger partial charge in [-0.25, -0.2) is 0 Å². The second kappa shape index (κ2) is 4.17. The van der Waals surface area contributed by atoms with Crippen molar-refractivity contribution in [2.75, 3.05) is 0 Å². The largest absolute Gasteiger partial charge is 0.391 e. The summed E-state index contributed by atoms with van der Waals surface area (Å²) in [5.74, 6) is 0. The predicted molar refractivity (Wildman–Crippen MR) is 51.7 cm³/mol. The first-order valence-electron chi connectivity index (χ1n) is 4.20. The zero-order valence-corrected chi connectivity index (χ0v) is 7.75. The number of nitrogens with zero attached hydrogens (tertiary/aromatic N) is 1. The topological polar surface area (TPSA) is 89.4 Å². The van der Waals surface area contributed by atoms with Crippen LogP contribution >= 0.6 is 0 Å². The molecule has 5 heteroatoms. The molecular formula is C9H12N2O3. The van der Waals surface area contributed by atoms with Crippen molar-refractivity contribution in [1.29, 1.82) is 0 Å². The number of rotatable bonds is 3. The number of aliphatic hydroxyl groups is 1. The predicted octanol–water partition coefficient (Wildman–Crippen LogP) is 0.975. The van der Waals surface area contributed by atoms with Gasteiger partial charge in [0.05, 0.1) is 17.1 Å². The first-order valence-corrected chi connectivity index (χ1v) is 4.20. The van der Waals surface area contributed by atoms with Gasteiger partial charge in [0.15, 0.2) is 0 Å². The Balaban J connectivity index is 2.88. The van der Waals surface area contributed by atoms with E-state index in [1.807, 2.05) is 0 Å². The first-order chi connectivity index (χ1) is 6.52. The molecule has 76 valence electrons. The highest BCUT2D eigenvalue weighted by Crippen LogP contribution is 2.18. The number of hydrogen-bond acceptors (Lipinski definition) is 4. The van der Waals surface area contributed by atoms with Gasteiger partial charge >= 0.3 is 0 Å². The number of aliphatic hydroxyl groups excluding tert-OH is 1. The Hall–Kier alpha value is -1.46. The van der Waals surface area contributed by atoms with Gasteiger partial charge in [-0.05, 0) is 12.5 Å². The third-order valence-corrected chi connectivity index (χ3v) is 2.01. The Labute approximate surface area is 81.3 Å². The van der Waals surface area contributed by atoms with E-state index in [4.69, 9.17) is 5.73 Å². The average Bonchev–Trinajstić information content (AvgIpc) is 2.16. The maximum atomic E-state index is 10.3. The van der Waals surface area contributed by atoms with E-state index in [9.17, 15) is 15.2 Å². The van der Waals surface area contributed by atoms with Crippen LogP contribution in [0.5, 0.6) is 0 Å². The lowest BCUT2D eigenvalue weighted by Gasteiger charge is -2.14. The van der Waals surface area contributed by atoms with Gasteiger partial charge in [-0.2, -0.15) is 0 Å². The van der Waals surface area contributed by atoms with E-state index in [0.29, 0.717) is 5.56 Å². The first kappa shape index (κ1) is 10.6. The highest BCUT2D eigenvalue weighted by molar-refractivity contribution is 5.34. The summed E-state index contributed by atoms with van der Waals surface area (Å²) in [5, 5.41) is 19.5. The van der Waals surface area contributed by atoms with Crippen LogP contribution in [0.1, 0.15) is 18.5 Å². The fourth-order valence-electron chi connectivity index (χ4n) is 1.10. The molecule has 0 spiro atoms. The van der Waals surface area contributed by atoms with E-state index in [2.05, 4.69) is 0 Å². The van der Waals surface area contributed by atoms with E-state index in [1.54, 1.807) is 19.1 Å². The minimum Gasteiger partial charge on any atom is -0.391 e. The quantitative estimate of drug-likeness (QED) is 0.557. The molecule has 0 fully saturated rings. The molecule has 1 aromatic rings. The second-order valence-corrected chi connectivity index (χ2v) is 3.12. The molecule has 0 amide bonds. The van der Waals surface area contributed by atoms with E-state index >= 15 is 0 Å². The Bertz CT molecular complexity index is 321. The van der Waals surface area contributed by atoms with Gasteiger partial charge in [-0.3, -0.25) is 10.1 Å². The molecule has 1 aromatic carbocycles. The van der Waals surface area contributed by atoms with Gasteiger partial charge < -0.3 is 10.8 Å². The van der Waals surface area contributed by atoms with Crippen molar-refractivity contribution in [3.8, 4) is 0 Å². The van der Waals surface area contributed by atoms with Crippen LogP contribution in [0, 0.1) is 10.1 Å². The summed E-state index contributed by atoms with van der Waals surface area (Å²) in [7, 11) is 0. The molecule has 5 nitrogen and oxygen atoms in total. The summed E-state index contributed by atoms with van der Waals surface area (Å²) in [6.45, 7) is 1.58. The zero-order valence-electron chi connectivity index (χ0n) is 7.75. The molecule has 3 N–H and O–H groups in total. The monoisotopic (exact) mass is 196 g/mol. The van der Waals surface area contributed by atoms with Crippen molar-refractivity contribution in [3.05, 3.63) is 39.9 Å². The minimum atomic E-state index is -0.670. The van der Waals surface area contributed by atoms with Crippen LogP contribution in [-0.4, -0.2) is 16.1 Å². The van der Waals surface area contributed by atoms with E-state index in [0.717, 1.165) is 0 Å². The molecule has 14 heavy (non-hydrogen) atoms. The summed E-state index contributed by atoms with van der Waals surface area (Å²) >= 11 is 0. The Morgan fingerprint density at radius 2 is 1.93 bits per heavy atom. The summed E-state index contributed by atoms with van der Waals surface area (Å²) in [6.07, 6.45) is -0.670. The Kier molecular flexibility index (Phi) is 3.16. The molecule has 0 aliphatic heterocycles. The molecule has 0 aliphatic carbocycles. The van der Waals surface area contributed by atoms with Gasteiger partial charge in [0.25, 0.3) is 5.69 Å². The smallest absolute Gasteiger partial charge is 0.269 e. The molecule has 0 heterocycles. The molecule has 0 aromatic heterocycles. The molecule has 0 unspecified atom stereocenters. The summed E-state index contributed by atoms with van der Waals surface area (Å²) in [4.78, 5) is 9.87. The normalized spacial score (nSPS) is 14.8. The Morgan fingerprint density at radius 1 is 1.43 bits per heavy atom. The van der Waals surface area contributed by atoms with E-state index in [-0.39, 0.29) is 5.69 Å². The average molecular weight is 196 g/mol. The lowest BCUT2D eigenvalue weighted by Crippen LogP contribution is -2.22. The van der Waals surface area contributed by atoms with Crippen molar-refractivity contribution in [2.24, 2.45) is 5.73 Å². The molecule has 0 radical (unpaired) electrons. The lowest BCUT2D eigenvalue weighted by atomic mass is 10.0. The molecule has 0 saturated carbocycles. The Morgan fingerprint density at radius 3 is 2.29 bits per heavy atom. The highest BCUT2D eigenvalue weighted by atomic mass is 16.6. The van der Waals surface area contributed by atoms with Crippen molar-refractivity contribution in [1.82, 2.24) is 0 Å². The number of hydrogen-bond donors (Lipinski definition) is 2. The molecule has 0 bridgehead atoms. The second-order valence-electron chi connectivity index (χ2n) is 3.12. The number of nitro benzene ring substituents is 1. The summed E-state index contributed by atoms with van der Waals surface area (Å²) in [6, 6.07) is 5.34. The molecule has 1 rings (SSSR count). The van der Waals surface area contributed by atoms with Crippen molar-refractivity contribution >= 4 is 5.69 Å². The van der Waals surface area contributed by atoms with Crippen LogP contribution in [0.3, 0.4) is 0 Å².